The number of furan rings is 1. The molecule has 0 aromatic carbocycles. The minimum atomic E-state index is -0.653. The molecular formula is C12H21NO2S. The Kier molecular flexibility index (Phi) is 5.38. The Bertz CT molecular complexity index is 310. The molecular weight excluding hydrogens is 222 g/mol. The van der Waals surface area contributed by atoms with E-state index in [1.807, 2.05) is 25.3 Å². The van der Waals surface area contributed by atoms with E-state index in [-0.39, 0.29) is 0 Å². The molecule has 0 aliphatic heterocycles. The van der Waals surface area contributed by atoms with Crippen LogP contribution in [0.4, 0.5) is 0 Å². The van der Waals surface area contributed by atoms with Gasteiger partial charge < -0.3 is 14.8 Å². The van der Waals surface area contributed by atoms with Crippen molar-refractivity contribution in [2.45, 2.75) is 32.4 Å². The van der Waals surface area contributed by atoms with E-state index in [1.54, 1.807) is 11.8 Å². The molecule has 1 heterocycles. The molecule has 0 radical (unpaired) electrons. The molecule has 3 nitrogen and oxygen atoms in total. The molecule has 1 atom stereocenters. The highest BCUT2D eigenvalue weighted by atomic mass is 32.2. The fourth-order valence-corrected chi connectivity index (χ4v) is 2.25. The summed E-state index contributed by atoms with van der Waals surface area (Å²) in [6.45, 7) is 5.16. The molecule has 16 heavy (non-hydrogen) atoms. The zero-order chi connectivity index (χ0) is 12.0. The van der Waals surface area contributed by atoms with Gasteiger partial charge in [0, 0.05) is 18.7 Å². The summed E-state index contributed by atoms with van der Waals surface area (Å²) in [4.78, 5) is 0. The van der Waals surface area contributed by atoms with Crippen molar-refractivity contribution in [1.82, 2.24) is 5.32 Å². The average molecular weight is 243 g/mol. The van der Waals surface area contributed by atoms with E-state index in [0.717, 1.165) is 23.7 Å². The monoisotopic (exact) mass is 243 g/mol. The van der Waals surface area contributed by atoms with Gasteiger partial charge in [-0.1, -0.05) is 6.92 Å². The molecule has 0 bridgehead atoms. The first-order valence-corrected chi connectivity index (χ1v) is 6.96. The van der Waals surface area contributed by atoms with E-state index >= 15 is 0 Å². The van der Waals surface area contributed by atoms with E-state index in [9.17, 15) is 5.11 Å². The summed E-state index contributed by atoms with van der Waals surface area (Å²) >= 11 is 1.65. The molecule has 0 fully saturated rings. The first-order valence-electron chi connectivity index (χ1n) is 5.57. The normalized spacial score (nSPS) is 15.0. The second-order valence-electron chi connectivity index (χ2n) is 4.26. The largest absolute Gasteiger partial charge is 0.465 e. The van der Waals surface area contributed by atoms with Crippen molar-refractivity contribution >= 4 is 11.8 Å². The summed E-state index contributed by atoms with van der Waals surface area (Å²) in [6.07, 6.45) is 2.92. The van der Waals surface area contributed by atoms with Gasteiger partial charge in [0.05, 0.1) is 12.1 Å². The van der Waals surface area contributed by atoms with Gasteiger partial charge >= 0.3 is 0 Å². The summed E-state index contributed by atoms with van der Waals surface area (Å²) < 4.78 is 5.56. The Morgan fingerprint density at radius 3 is 2.69 bits per heavy atom. The van der Waals surface area contributed by atoms with Crippen LogP contribution in [0.2, 0.25) is 0 Å². The number of hydrogen-bond donors (Lipinski definition) is 2. The molecule has 0 aliphatic rings. The summed E-state index contributed by atoms with van der Waals surface area (Å²) in [5.74, 6) is 2.67. The lowest BCUT2D eigenvalue weighted by atomic mass is 10.1. The predicted octanol–water partition coefficient (Wildman–Crippen LogP) is 2.05. The van der Waals surface area contributed by atoms with Crippen LogP contribution in [-0.2, 0) is 13.0 Å². The maximum atomic E-state index is 9.93. The molecule has 1 unspecified atom stereocenters. The van der Waals surface area contributed by atoms with Gasteiger partial charge in [-0.3, -0.25) is 0 Å². The van der Waals surface area contributed by atoms with Crippen molar-refractivity contribution < 1.29 is 9.52 Å². The zero-order valence-corrected chi connectivity index (χ0v) is 11.1. The Balaban J connectivity index is 2.29. The number of thioether (sulfide) groups is 1. The zero-order valence-electron chi connectivity index (χ0n) is 10.2. The maximum Gasteiger partial charge on any atom is 0.117 e. The number of nitrogens with one attached hydrogen (secondary N) is 1. The lowest BCUT2D eigenvalue weighted by molar-refractivity contribution is 0.0840. The van der Waals surface area contributed by atoms with E-state index < -0.39 is 5.60 Å². The van der Waals surface area contributed by atoms with Crippen LogP contribution in [0, 0.1) is 0 Å². The second kappa shape index (κ2) is 6.33. The third-order valence-electron chi connectivity index (χ3n) is 2.33. The summed E-state index contributed by atoms with van der Waals surface area (Å²) in [6, 6.07) is 3.98. The fourth-order valence-electron chi connectivity index (χ4n) is 1.52. The topological polar surface area (TPSA) is 45.4 Å². The van der Waals surface area contributed by atoms with Crippen molar-refractivity contribution in [3.05, 3.63) is 23.7 Å². The van der Waals surface area contributed by atoms with E-state index in [4.69, 9.17) is 4.42 Å². The van der Waals surface area contributed by atoms with E-state index in [0.29, 0.717) is 13.1 Å². The van der Waals surface area contributed by atoms with Gasteiger partial charge in [-0.25, -0.2) is 0 Å². The smallest absolute Gasteiger partial charge is 0.117 e. The minimum Gasteiger partial charge on any atom is -0.465 e. The van der Waals surface area contributed by atoms with Gasteiger partial charge in [0.1, 0.15) is 11.5 Å². The van der Waals surface area contributed by atoms with Crippen LogP contribution in [0.25, 0.3) is 0 Å². The predicted molar refractivity (Wildman–Crippen MR) is 68.8 cm³/mol. The molecule has 0 saturated heterocycles. The molecule has 0 saturated carbocycles. The summed E-state index contributed by atoms with van der Waals surface area (Å²) in [5.41, 5.74) is -0.653. The molecule has 1 rings (SSSR count). The molecule has 0 aliphatic carbocycles. The maximum absolute atomic E-state index is 9.93. The van der Waals surface area contributed by atoms with Gasteiger partial charge in [-0.15, -0.1) is 0 Å². The fraction of sp³-hybridized carbons (Fsp3) is 0.667. The van der Waals surface area contributed by atoms with Gasteiger partial charge in [-0.05, 0) is 25.3 Å². The van der Waals surface area contributed by atoms with Crippen LogP contribution >= 0.6 is 11.8 Å². The highest BCUT2D eigenvalue weighted by Gasteiger charge is 2.18. The van der Waals surface area contributed by atoms with Crippen molar-refractivity contribution in [3.8, 4) is 0 Å². The molecule has 92 valence electrons. The van der Waals surface area contributed by atoms with E-state index in [2.05, 4.69) is 12.2 Å². The van der Waals surface area contributed by atoms with Crippen LogP contribution in [0.3, 0.4) is 0 Å². The summed E-state index contributed by atoms with van der Waals surface area (Å²) in [5, 5.41) is 13.1. The molecule has 4 heteroatoms. The average Bonchev–Trinajstić information content (AvgIpc) is 2.65. The first kappa shape index (κ1) is 13.6. The molecule has 2 N–H and O–H groups in total. The third-order valence-corrected chi connectivity index (χ3v) is 3.24. The van der Waals surface area contributed by atoms with Crippen LogP contribution in [-0.4, -0.2) is 29.3 Å². The van der Waals surface area contributed by atoms with Gasteiger partial charge in [0.15, 0.2) is 0 Å². The van der Waals surface area contributed by atoms with E-state index in [1.165, 1.54) is 0 Å². The highest BCUT2D eigenvalue weighted by molar-refractivity contribution is 7.98. The van der Waals surface area contributed by atoms with Gasteiger partial charge in [0.25, 0.3) is 0 Å². The van der Waals surface area contributed by atoms with Crippen LogP contribution in [0.5, 0.6) is 0 Å². The lowest BCUT2D eigenvalue weighted by Crippen LogP contribution is -2.39. The van der Waals surface area contributed by atoms with Crippen molar-refractivity contribution in [1.29, 1.82) is 0 Å². The number of aliphatic hydroxyl groups is 1. The number of hydrogen-bond acceptors (Lipinski definition) is 4. The van der Waals surface area contributed by atoms with Crippen LogP contribution in [0.1, 0.15) is 25.4 Å². The highest BCUT2D eigenvalue weighted by Crippen LogP contribution is 2.11. The first-order chi connectivity index (χ1) is 7.57. The minimum absolute atomic E-state index is 0.579. The Hall–Kier alpha value is -0.450. The molecule has 0 amide bonds. The van der Waals surface area contributed by atoms with Gasteiger partial charge in [0.2, 0.25) is 0 Å². The van der Waals surface area contributed by atoms with Crippen molar-refractivity contribution in [2.75, 3.05) is 18.6 Å². The Morgan fingerprint density at radius 2 is 2.12 bits per heavy atom. The SMILES string of the molecule is CCc1ccc(CNCC(C)(O)CSC)o1. The molecule has 1 aromatic rings. The lowest BCUT2D eigenvalue weighted by Gasteiger charge is -2.22. The standard InChI is InChI=1S/C12H21NO2S/c1-4-10-5-6-11(15-10)7-13-8-12(2,14)9-16-3/h5-6,13-14H,4,7-9H2,1-3H3. The third kappa shape index (κ3) is 4.60. The van der Waals surface area contributed by atoms with Crippen molar-refractivity contribution in [2.24, 2.45) is 0 Å². The number of rotatable bonds is 7. The Morgan fingerprint density at radius 1 is 1.44 bits per heavy atom. The quantitative estimate of drug-likeness (QED) is 0.769. The van der Waals surface area contributed by atoms with Crippen LogP contribution in [0.15, 0.2) is 16.5 Å². The second-order valence-corrected chi connectivity index (χ2v) is 5.12. The van der Waals surface area contributed by atoms with Crippen molar-refractivity contribution in [3.63, 3.8) is 0 Å². The van der Waals surface area contributed by atoms with Crippen LogP contribution < -0.4 is 5.32 Å². The molecule has 0 spiro atoms. The van der Waals surface area contributed by atoms with Gasteiger partial charge in [-0.2, -0.15) is 11.8 Å². The Labute approximate surface area is 102 Å². The number of aryl methyl sites for hydroxylation is 1. The molecule has 1 aromatic heterocycles. The summed E-state index contributed by atoms with van der Waals surface area (Å²) in [7, 11) is 0.